The van der Waals surface area contributed by atoms with Crippen molar-refractivity contribution < 1.29 is 55.2 Å². The number of hydrogen-bond acceptors (Lipinski definition) is 16. The van der Waals surface area contributed by atoms with E-state index in [2.05, 4.69) is 107 Å². The van der Waals surface area contributed by atoms with Crippen molar-refractivity contribution in [2.24, 2.45) is 0 Å². The third-order valence-corrected chi connectivity index (χ3v) is 13.0. The van der Waals surface area contributed by atoms with Gasteiger partial charge in [0.1, 0.15) is 11.5 Å². The normalized spacial score (nSPS) is 10.7. The average Bonchev–Trinajstić information content (AvgIpc) is 4.24. The minimum absolute atomic E-state index is 0.0163. The third kappa shape index (κ3) is 30.6. The first-order valence-electron chi connectivity index (χ1n) is 25.0. The van der Waals surface area contributed by atoms with Crippen molar-refractivity contribution in [3.8, 4) is 22.8 Å². The fourth-order valence-electron chi connectivity index (χ4n) is 6.68. The number of carbonyl (C=O) groups excluding carboxylic acids is 2. The summed E-state index contributed by atoms with van der Waals surface area (Å²) in [6, 6.07) is 42.0. The van der Waals surface area contributed by atoms with Crippen molar-refractivity contribution in [3.05, 3.63) is 195 Å². The number of halogens is 4. The van der Waals surface area contributed by atoms with E-state index in [0.717, 1.165) is 25.9 Å². The van der Waals surface area contributed by atoms with E-state index < -0.39 is 28.7 Å². The first-order valence-corrected chi connectivity index (χ1v) is 38.4. The van der Waals surface area contributed by atoms with E-state index in [1.165, 1.54) is 92.6 Å². The Morgan fingerprint density at radius 1 is 0.671 bits per heavy atom. The zero-order valence-corrected chi connectivity index (χ0v) is 57.8. The summed E-state index contributed by atoms with van der Waals surface area (Å²) in [6.45, 7) is 9.17. The van der Waals surface area contributed by atoms with E-state index in [0.29, 0.717) is 45.7 Å². The number of nitro benzene ring substituents is 2. The van der Waals surface area contributed by atoms with E-state index in [1.54, 1.807) is 93.9 Å². The van der Waals surface area contributed by atoms with E-state index in [-0.39, 0.29) is 34.9 Å². The number of nitrogens with one attached hydrogen (secondary N) is 2. The van der Waals surface area contributed by atoms with Crippen LogP contribution in [0.3, 0.4) is 0 Å². The predicted octanol–water partition coefficient (Wildman–Crippen LogP) is 12.3. The van der Waals surface area contributed by atoms with Crippen LogP contribution in [0.25, 0.3) is 22.2 Å². The van der Waals surface area contributed by atoms with Crippen LogP contribution in [0.2, 0.25) is 0 Å². The monoisotopic (exact) mass is 1400 g/mol. The molecular formula is C55H61Br3ClN5Na2O14S2. The van der Waals surface area contributed by atoms with Crippen LogP contribution in [0, 0.1) is 27.2 Å². The summed E-state index contributed by atoms with van der Waals surface area (Å²) in [5.41, 5.74) is 5.69. The average molecular weight is 1400 g/mol. The van der Waals surface area contributed by atoms with Gasteiger partial charge in [-0.1, -0.05) is 96.3 Å². The number of fused-ring (bicyclic) bond motifs is 1. The number of hydrogen-bond donors (Lipinski definition) is 2. The van der Waals surface area contributed by atoms with Crippen LogP contribution in [0.15, 0.2) is 153 Å². The van der Waals surface area contributed by atoms with Gasteiger partial charge >= 0.3 is 62.1 Å². The minimum atomic E-state index is -2.95. The molecule has 6 aromatic carbocycles. The molecule has 0 atom stereocenters. The van der Waals surface area contributed by atoms with Crippen LogP contribution < -0.4 is 14.8 Å². The van der Waals surface area contributed by atoms with Gasteiger partial charge in [-0.05, 0) is 157 Å². The Morgan fingerprint density at radius 3 is 1.54 bits per heavy atom. The van der Waals surface area contributed by atoms with Gasteiger partial charge in [-0.2, -0.15) is 16.8 Å². The van der Waals surface area contributed by atoms with Crippen molar-refractivity contribution in [2.45, 2.75) is 46.4 Å². The van der Waals surface area contributed by atoms with Gasteiger partial charge in [0.15, 0.2) is 5.78 Å². The van der Waals surface area contributed by atoms with E-state index in [1.807, 2.05) is 38.9 Å². The molecule has 27 heteroatoms. The summed E-state index contributed by atoms with van der Waals surface area (Å²) in [5.74, 6) is 1.27. The predicted molar refractivity (Wildman–Crippen MR) is 334 cm³/mol. The fraction of sp³-hybridized carbons (Fsp3) is 0.273. The number of H-pyrrole nitrogens is 1. The number of carbonyl (C=O) groups is 2. The summed E-state index contributed by atoms with van der Waals surface area (Å²) in [7, 11) is 1.08. The second-order valence-electron chi connectivity index (χ2n) is 16.4. The maximum absolute atomic E-state index is 12.3. The molecule has 0 radical (unpaired) electrons. The molecule has 2 N–H and O–H groups in total. The zero-order valence-electron chi connectivity index (χ0n) is 46.7. The number of rotatable bonds is 14. The van der Waals surface area contributed by atoms with Gasteiger partial charge in [0.2, 0.25) is 6.41 Å². The van der Waals surface area contributed by atoms with Crippen LogP contribution in [0.1, 0.15) is 58.5 Å². The quantitative estimate of drug-likeness (QED) is 0.0256. The molecule has 1 fully saturated rings. The van der Waals surface area contributed by atoms with Gasteiger partial charge in [-0.15, -0.1) is 0 Å². The number of Topliss-reactive ketones (excluding diaryl/α,β-unsaturated/α-hetero) is 1. The molecule has 2 heterocycles. The Kier molecular flexibility index (Phi) is 40.2. The van der Waals surface area contributed by atoms with Crippen molar-refractivity contribution in [3.63, 3.8) is 0 Å². The summed E-state index contributed by atoms with van der Waals surface area (Å²) in [6.07, 6.45) is 2.55. The maximum atomic E-state index is 12.3. The van der Waals surface area contributed by atoms with Crippen molar-refractivity contribution in [2.75, 3.05) is 54.6 Å². The molecule has 0 aliphatic carbocycles. The van der Waals surface area contributed by atoms with Crippen molar-refractivity contribution >= 4 is 155 Å². The molecular weight excluding hydrogens is 1340 g/mol. The number of aromatic nitrogens is 1. The molecule has 1 aromatic heterocycles. The Hall–Kier alpha value is -4.19. The molecule has 82 heavy (non-hydrogen) atoms. The first-order chi connectivity index (χ1) is 39.0. The van der Waals surface area contributed by atoms with Crippen molar-refractivity contribution in [1.29, 1.82) is 0 Å². The molecule has 0 unspecified atom stereocenters. The molecule has 1 aliphatic heterocycles. The summed E-state index contributed by atoms with van der Waals surface area (Å²) < 4.78 is 59.0. The number of aromatic amines is 1. The van der Waals surface area contributed by atoms with Gasteiger partial charge in [0.25, 0.3) is 16.6 Å². The van der Waals surface area contributed by atoms with Gasteiger partial charge < -0.3 is 29.2 Å². The molecule has 0 bridgehead atoms. The van der Waals surface area contributed by atoms with E-state index in [9.17, 15) is 29.8 Å². The van der Waals surface area contributed by atoms with Gasteiger partial charge in [0.05, 0.1) is 23.1 Å². The molecule has 8 rings (SSSR count). The molecule has 19 nitrogen and oxygen atoms in total. The molecule has 0 saturated carbocycles. The second-order valence-corrected chi connectivity index (χ2v) is 21.9. The van der Waals surface area contributed by atoms with Gasteiger partial charge in [0, 0.05) is 85.0 Å². The standard InChI is InChI=1S/C16H14BrNO4.C14H10BrN.C9H9ClO2.C7H6BrNO2.C5H13NO2.C4H9N.2Na.O4S2/c1-2-22-14-7-4-11(5-8-14)16(19)9-12-3-6-13(17)10-15(12)18(20)21;15-12-7-6-11-8-13(16-14(11)9-12)10-4-2-1-3-5-10;1-2-12-8-5-3-7(4-6-8)9(10)11;1-5-2-3-6(8)4-7(5)9(10)11;1-6(2)5(7-3)8-4;1-2-4-5-3-1;;;1-5(2)6(3)4/h3-8,10H,2,9H2,1H3;1-9,16H;3-6H,2H2,1H3;2-4H,1H3;5H,1-4H3;5H,1-4H2;;;. The Balaban J connectivity index is 0.000000500. The number of benzene rings is 6. The number of ketones is 1. The topological polar surface area (TPSA) is 257 Å². The number of methoxy groups -OCH3 is 2. The van der Waals surface area contributed by atoms with Crippen LogP contribution >= 0.6 is 59.4 Å². The molecule has 0 amide bonds. The van der Waals surface area contributed by atoms with Crippen LogP contribution in [0.5, 0.6) is 11.5 Å². The van der Waals surface area contributed by atoms with Gasteiger partial charge in [-0.25, -0.2) is 0 Å². The fourth-order valence-corrected chi connectivity index (χ4v) is 7.86. The van der Waals surface area contributed by atoms with E-state index in [4.69, 9.17) is 47.4 Å². The second kappa shape index (κ2) is 43.4. The third-order valence-electron chi connectivity index (χ3n) is 10.4. The molecule has 1 aliphatic rings. The number of ether oxygens (including phenoxy) is 4. The zero-order chi connectivity index (χ0) is 61.7. The van der Waals surface area contributed by atoms with Crippen LogP contribution in [-0.4, -0.2) is 152 Å². The number of nitro groups is 2. The first kappa shape index (κ1) is 75.8. The number of nitrogens with zero attached hydrogens (tertiary/aromatic N) is 3. The summed E-state index contributed by atoms with van der Waals surface area (Å²) >= 11 is 18.0. The van der Waals surface area contributed by atoms with Crippen molar-refractivity contribution in [1.82, 2.24) is 15.2 Å². The molecule has 7 aromatic rings. The Labute approximate surface area is 538 Å². The molecule has 1 saturated heterocycles. The van der Waals surface area contributed by atoms with Crippen LogP contribution in [-0.2, 0) is 34.4 Å². The van der Waals surface area contributed by atoms with Gasteiger partial charge in [-0.3, -0.25) is 34.7 Å². The van der Waals surface area contributed by atoms with E-state index >= 15 is 0 Å². The molecule has 0 spiro atoms. The SMILES string of the molecule is Brc1ccc2cc(-c3ccccc3)[nH]c2c1.C1CCNC1.CCOc1ccc(C(=O)Cc2ccc(Br)cc2[N+](=O)[O-])cc1.CCOc1ccc(C(=O)Cl)cc1.COC(OC)N(C)C.Cc1ccc(Br)cc1[N+](=O)[O-].O=S(=O)=S(=O)=O.[Na][Na]. The Bertz CT molecular complexity index is 3290. The Morgan fingerprint density at radius 2 is 1.13 bits per heavy atom. The summed E-state index contributed by atoms with van der Waals surface area (Å²) in [4.78, 5) is 48.7. The summed E-state index contributed by atoms with van der Waals surface area (Å²) in [5, 5.41) is 25.4. The number of aryl methyl sites for hydroxylation is 1. The molecule has 432 valence electrons. The van der Waals surface area contributed by atoms with Crippen LogP contribution in [0.4, 0.5) is 11.4 Å².